The maximum atomic E-state index is 4.88. The van der Waals surface area contributed by atoms with Gasteiger partial charge < -0.3 is 10.6 Å². The van der Waals surface area contributed by atoms with Gasteiger partial charge in [0.25, 0.3) is 0 Å². The van der Waals surface area contributed by atoms with Crippen LogP contribution in [0.4, 0.5) is 0 Å². The molecule has 0 saturated carbocycles. The van der Waals surface area contributed by atoms with Crippen molar-refractivity contribution < 1.29 is 0 Å². The van der Waals surface area contributed by atoms with E-state index in [1.54, 1.807) is 7.05 Å². The highest BCUT2D eigenvalue weighted by molar-refractivity contribution is 7.80. The lowest BCUT2D eigenvalue weighted by Gasteiger charge is -2.21. The summed E-state index contributed by atoms with van der Waals surface area (Å²) < 4.78 is 0. The first-order valence-electron chi connectivity index (χ1n) is 2.95. The zero-order chi connectivity index (χ0) is 7.49. The second-order valence-corrected chi connectivity index (χ2v) is 3.36. The molecule has 2 N–H and O–H groups in total. The largest absolute Gasteiger partial charge is 0.366 e. The summed E-state index contributed by atoms with van der Waals surface area (Å²) >= 11 is 4.88. The summed E-state index contributed by atoms with van der Waals surface area (Å²) in [5.74, 6) is 0. The monoisotopic (exact) mass is 146 g/mol. The Bertz CT molecular complexity index is 104. The van der Waals surface area contributed by atoms with E-state index in [9.17, 15) is 0 Å². The molecule has 0 aliphatic rings. The van der Waals surface area contributed by atoms with Crippen LogP contribution in [0.1, 0.15) is 20.8 Å². The van der Waals surface area contributed by atoms with E-state index in [1.165, 1.54) is 0 Å². The number of hydrogen-bond acceptors (Lipinski definition) is 1. The Morgan fingerprint density at radius 1 is 1.33 bits per heavy atom. The smallest absolute Gasteiger partial charge is 0.166 e. The molecule has 0 radical (unpaired) electrons. The molecule has 0 unspecified atom stereocenters. The fourth-order valence-electron chi connectivity index (χ4n) is 0.403. The third kappa shape index (κ3) is 5.56. The van der Waals surface area contributed by atoms with Gasteiger partial charge in [-0.15, -0.1) is 0 Å². The zero-order valence-corrected chi connectivity index (χ0v) is 7.22. The summed E-state index contributed by atoms with van der Waals surface area (Å²) in [6, 6.07) is 0. The Balaban J connectivity index is 3.60. The van der Waals surface area contributed by atoms with Gasteiger partial charge in [-0.05, 0) is 33.0 Å². The van der Waals surface area contributed by atoms with Gasteiger partial charge in [0.1, 0.15) is 0 Å². The molecule has 0 fully saturated rings. The van der Waals surface area contributed by atoms with Crippen LogP contribution in [0.25, 0.3) is 0 Å². The minimum Gasteiger partial charge on any atom is -0.366 e. The molecular formula is C6H14N2S. The fraction of sp³-hybridized carbons (Fsp3) is 0.833. The Morgan fingerprint density at radius 2 is 1.78 bits per heavy atom. The second-order valence-electron chi connectivity index (χ2n) is 2.95. The summed E-state index contributed by atoms with van der Waals surface area (Å²) in [5.41, 5.74) is 0.0695. The SMILES string of the molecule is CNC(=S)NC(C)(C)C. The molecule has 0 atom stereocenters. The second kappa shape index (κ2) is 3.01. The molecule has 3 heteroatoms. The van der Waals surface area contributed by atoms with Crippen molar-refractivity contribution in [3.63, 3.8) is 0 Å². The van der Waals surface area contributed by atoms with Crippen LogP contribution in [0.2, 0.25) is 0 Å². The van der Waals surface area contributed by atoms with Crippen molar-refractivity contribution in [2.45, 2.75) is 26.3 Å². The van der Waals surface area contributed by atoms with E-state index < -0.39 is 0 Å². The lowest BCUT2D eigenvalue weighted by Crippen LogP contribution is -2.44. The van der Waals surface area contributed by atoms with E-state index in [0.717, 1.165) is 0 Å². The average molecular weight is 146 g/mol. The van der Waals surface area contributed by atoms with E-state index in [1.807, 2.05) is 0 Å². The van der Waals surface area contributed by atoms with Crippen LogP contribution in [0, 0.1) is 0 Å². The maximum absolute atomic E-state index is 4.88. The number of hydrogen-bond donors (Lipinski definition) is 2. The molecule has 0 spiro atoms. The summed E-state index contributed by atoms with van der Waals surface area (Å²) in [7, 11) is 1.81. The van der Waals surface area contributed by atoms with Crippen LogP contribution < -0.4 is 10.6 Å². The van der Waals surface area contributed by atoms with Gasteiger partial charge >= 0.3 is 0 Å². The average Bonchev–Trinajstić information content (AvgIpc) is 1.62. The number of rotatable bonds is 0. The predicted octanol–water partition coefficient (Wildman–Crippen LogP) is 0.879. The lowest BCUT2D eigenvalue weighted by molar-refractivity contribution is 0.509. The Kier molecular flexibility index (Phi) is 2.91. The van der Waals surface area contributed by atoms with Crippen molar-refractivity contribution in [1.82, 2.24) is 10.6 Å². The zero-order valence-electron chi connectivity index (χ0n) is 6.41. The summed E-state index contributed by atoms with van der Waals surface area (Å²) in [5, 5.41) is 6.63. The normalized spacial score (nSPS) is 10.7. The van der Waals surface area contributed by atoms with E-state index >= 15 is 0 Å². The van der Waals surface area contributed by atoms with Crippen LogP contribution in [-0.2, 0) is 0 Å². The van der Waals surface area contributed by atoms with Crippen molar-refractivity contribution in [2.24, 2.45) is 0 Å². The molecule has 0 aliphatic carbocycles. The van der Waals surface area contributed by atoms with Crippen molar-refractivity contribution >= 4 is 17.3 Å². The van der Waals surface area contributed by atoms with Crippen LogP contribution in [-0.4, -0.2) is 17.7 Å². The van der Waals surface area contributed by atoms with Gasteiger partial charge in [-0.25, -0.2) is 0 Å². The van der Waals surface area contributed by atoms with E-state index in [4.69, 9.17) is 12.2 Å². The molecule has 0 saturated heterocycles. The van der Waals surface area contributed by atoms with Gasteiger partial charge in [0.2, 0.25) is 0 Å². The number of thiocarbonyl (C=S) groups is 1. The fourth-order valence-corrected chi connectivity index (χ4v) is 0.709. The van der Waals surface area contributed by atoms with Gasteiger partial charge in [-0.2, -0.15) is 0 Å². The summed E-state index contributed by atoms with van der Waals surface area (Å²) in [6.07, 6.45) is 0. The van der Waals surface area contributed by atoms with Crippen molar-refractivity contribution in [3.8, 4) is 0 Å². The number of nitrogens with one attached hydrogen (secondary N) is 2. The van der Waals surface area contributed by atoms with Gasteiger partial charge in [-0.3, -0.25) is 0 Å². The highest BCUT2D eigenvalue weighted by atomic mass is 32.1. The molecule has 0 rings (SSSR count). The van der Waals surface area contributed by atoms with Crippen molar-refractivity contribution in [3.05, 3.63) is 0 Å². The summed E-state index contributed by atoms with van der Waals surface area (Å²) in [4.78, 5) is 0. The minimum absolute atomic E-state index is 0.0695. The molecule has 0 amide bonds. The molecular weight excluding hydrogens is 132 g/mol. The van der Waals surface area contributed by atoms with Crippen molar-refractivity contribution in [2.75, 3.05) is 7.05 Å². The molecule has 54 valence electrons. The maximum Gasteiger partial charge on any atom is 0.166 e. The molecule has 0 aromatic rings. The molecule has 0 heterocycles. The Hall–Kier alpha value is -0.310. The Labute approximate surface area is 62.0 Å². The quantitative estimate of drug-likeness (QED) is 0.496. The molecule has 0 aromatic carbocycles. The first kappa shape index (κ1) is 8.69. The highest BCUT2D eigenvalue weighted by Gasteiger charge is 2.08. The molecule has 9 heavy (non-hydrogen) atoms. The topological polar surface area (TPSA) is 24.1 Å². The van der Waals surface area contributed by atoms with Crippen LogP contribution in [0.3, 0.4) is 0 Å². The third-order valence-electron chi connectivity index (χ3n) is 0.716. The third-order valence-corrected chi connectivity index (χ3v) is 1.02. The first-order valence-corrected chi connectivity index (χ1v) is 3.36. The standard InChI is InChI=1S/C6H14N2S/c1-6(2,3)8-5(9)7-4/h1-4H3,(H2,7,8,9). The molecule has 0 bridgehead atoms. The minimum atomic E-state index is 0.0695. The van der Waals surface area contributed by atoms with Crippen LogP contribution in [0.15, 0.2) is 0 Å². The van der Waals surface area contributed by atoms with E-state index in [0.29, 0.717) is 5.11 Å². The molecule has 2 nitrogen and oxygen atoms in total. The van der Waals surface area contributed by atoms with Crippen LogP contribution >= 0.6 is 12.2 Å². The van der Waals surface area contributed by atoms with E-state index in [-0.39, 0.29) is 5.54 Å². The van der Waals surface area contributed by atoms with Crippen molar-refractivity contribution in [1.29, 1.82) is 0 Å². The van der Waals surface area contributed by atoms with Gasteiger partial charge in [0.15, 0.2) is 5.11 Å². The lowest BCUT2D eigenvalue weighted by atomic mass is 10.1. The van der Waals surface area contributed by atoms with Crippen LogP contribution in [0.5, 0.6) is 0 Å². The van der Waals surface area contributed by atoms with Gasteiger partial charge in [-0.1, -0.05) is 0 Å². The molecule has 0 aromatic heterocycles. The highest BCUT2D eigenvalue weighted by Crippen LogP contribution is 1.96. The van der Waals surface area contributed by atoms with E-state index in [2.05, 4.69) is 31.4 Å². The summed E-state index contributed by atoms with van der Waals surface area (Å²) in [6.45, 7) is 6.20. The predicted molar refractivity (Wildman–Crippen MR) is 44.5 cm³/mol. The Morgan fingerprint density at radius 3 is 1.89 bits per heavy atom. The molecule has 0 aliphatic heterocycles. The van der Waals surface area contributed by atoms with Gasteiger partial charge in [0, 0.05) is 12.6 Å². The first-order chi connectivity index (χ1) is 3.95. The van der Waals surface area contributed by atoms with Gasteiger partial charge in [0.05, 0.1) is 0 Å².